The molecule has 11 heteroatoms. The SMILES string of the molecule is CCCCn1c(Sc2cc3c(cc2I)OCO3)nc2c(=O)n(COCCOC)cnc21. The topological polar surface area (TPSA) is 89.6 Å². The first-order valence-electron chi connectivity index (χ1n) is 9.91. The zero-order chi connectivity index (χ0) is 21.8. The highest BCUT2D eigenvalue weighted by Crippen LogP contribution is 2.41. The summed E-state index contributed by atoms with van der Waals surface area (Å²) in [6.45, 7) is 4.06. The third-order valence-electron chi connectivity index (χ3n) is 4.71. The third-order valence-corrected chi connectivity index (χ3v) is 7.02. The minimum atomic E-state index is -0.222. The van der Waals surface area contributed by atoms with E-state index in [0.29, 0.717) is 30.1 Å². The van der Waals surface area contributed by atoms with Crippen LogP contribution in [0.1, 0.15) is 19.8 Å². The van der Waals surface area contributed by atoms with Gasteiger partial charge in [0.2, 0.25) is 6.79 Å². The van der Waals surface area contributed by atoms with Crippen molar-refractivity contribution < 1.29 is 18.9 Å². The summed E-state index contributed by atoms with van der Waals surface area (Å²) >= 11 is 3.77. The van der Waals surface area contributed by atoms with Crippen molar-refractivity contribution in [3.8, 4) is 11.5 Å². The number of fused-ring (bicyclic) bond motifs is 2. The fraction of sp³-hybridized carbons (Fsp3) is 0.450. The van der Waals surface area contributed by atoms with Gasteiger partial charge in [-0.2, -0.15) is 0 Å². The molecule has 1 aliphatic heterocycles. The molecule has 2 aromatic heterocycles. The van der Waals surface area contributed by atoms with Crippen LogP contribution in [0.2, 0.25) is 0 Å². The van der Waals surface area contributed by atoms with E-state index in [1.165, 1.54) is 22.7 Å². The Morgan fingerprint density at radius 1 is 1.26 bits per heavy atom. The second-order valence-corrected chi connectivity index (χ2v) is 9.03. The Morgan fingerprint density at radius 2 is 2.06 bits per heavy atom. The molecular weight excluding hydrogens is 535 g/mol. The van der Waals surface area contributed by atoms with Gasteiger partial charge < -0.3 is 23.5 Å². The van der Waals surface area contributed by atoms with Crippen LogP contribution >= 0.6 is 34.4 Å². The van der Waals surface area contributed by atoms with E-state index in [0.717, 1.165) is 38.8 Å². The predicted octanol–water partition coefficient (Wildman–Crippen LogP) is 3.50. The first-order valence-corrected chi connectivity index (χ1v) is 11.8. The third kappa shape index (κ3) is 4.83. The minimum absolute atomic E-state index is 0.107. The van der Waals surface area contributed by atoms with Crippen LogP contribution < -0.4 is 15.0 Å². The predicted molar refractivity (Wildman–Crippen MR) is 124 cm³/mol. The lowest BCUT2D eigenvalue weighted by molar-refractivity contribution is 0.0324. The van der Waals surface area contributed by atoms with Gasteiger partial charge in [0, 0.05) is 22.1 Å². The first kappa shape index (κ1) is 22.4. The zero-order valence-corrected chi connectivity index (χ0v) is 20.3. The maximum Gasteiger partial charge on any atom is 0.283 e. The van der Waals surface area contributed by atoms with Gasteiger partial charge in [0.25, 0.3) is 5.56 Å². The van der Waals surface area contributed by atoms with Crippen molar-refractivity contribution in [3.05, 3.63) is 32.4 Å². The average Bonchev–Trinajstić information content (AvgIpc) is 3.35. The Hall–Kier alpha value is -1.83. The molecule has 4 rings (SSSR count). The van der Waals surface area contributed by atoms with Crippen LogP contribution in [0.15, 0.2) is 33.3 Å². The number of aromatic nitrogens is 4. The summed E-state index contributed by atoms with van der Waals surface area (Å²) in [5.41, 5.74) is 0.705. The van der Waals surface area contributed by atoms with Crippen molar-refractivity contribution in [1.29, 1.82) is 0 Å². The van der Waals surface area contributed by atoms with Gasteiger partial charge in [-0.3, -0.25) is 9.36 Å². The second kappa shape index (κ2) is 10.2. The highest BCUT2D eigenvalue weighted by molar-refractivity contribution is 14.1. The number of methoxy groups -OCH3 is 1. The number of rotatable bonds is 10. The van der Waals surface area contributed by atoms with Crippen LogP contribution in [0, 0.1) is 3.57 Å². The van der Waals surface area contributed by atoms with Gasteiger partial charge >= 0.3 is 0 Å². The molecule has 0 unspecified atom stereocenters. The van der Waals surface area contributed by atoms with E-state index in [1.54, 1.807) is 7.11 Å². The molecule has 3 heterocycles. The van der Waals surface area contributed by atoms with Crippen LogP contribution in [0.4, 0.5) is 0 Å². The lowest BCUT2D eigenvalue weighted by atomic mass is 10.3. The molecule has 0 amide bonds. The number of halogens is 1. The van der Waals surface area contributed by atoms with E-state index in [2.05, 4.69) is 39.5 Å². The summed E-state index contributed by atoms with van der Waals surface area (Å²) < 4.78 is 25.9. The molecule has 0 atom stereocenters. The van der Waals surface area contributed by atoms with Gasteiger partial charge in [-0.1, -0.05) is 25.1 Å². The molecule has 3 aromatic rings. The smallest absolute Gasteiger partial charge is 0.283 e. The van der Waals surface area contributed by atoms with Gasteiger partial charge in [0.05, 0.1) is 13.2 Å². The van der Waals surface area contributed by atoms with Crippen LogP contribution in [0.3, 0.4) is 0 Å². The number of imidazole rings is 1. The number of hydrogen-bond donors (Lipinski definition) is 0. The van der Waals surface area contributed by atoms with E-state index in [-0.39, 0.29) is 19.1 Å². The molecule has 31 heavy (non-hydrogen) atoms. The van der Waals surface area contributed by atoms with Crippen LogP contribution in [0.25, 0.3) is 11.2 Å². The Labute approximate surface area is 197 Å². The molecule has 0 radical (unpaired) electrons. The van der Waals surface area contributed by atoms with Gasteiger partial charge in [0.1, 0.15) is 13.1 Å². The van der Waals surface area contributed by atoms with E-state index in [1.807, 2.05) is 16.7 Å². The van der Waals surface area contributed by atoms with Crippen LogP contribution in [0.5, 0.6) is 11.5 Å². The fourth-order valence-corrected chi connectivity index (χ4v) is 4.79. The summed E-state index contributed by atoms with van der Waals surface area (Å²) in [5.74, 6) is 1.46. The number of hydrogen-bond acceptors (Lipinski definition) is 8. The fourth-order valence-electron chi connectivity index (χ4n) is 3.08. The van der Waals surface area contributed by atoms with Gasteiger partial charge in [-0.25, -0.2) is 9.97 Å². The lowest BCUT2D eigenvalue weighted by Crippen LogP contribution is -2.23. The number of unbranched alkanes of at least 4 members (excludes halogenated alkanes) is 1. The Balaban J connectivity index is 1.68. The second-order valence-electron chi connectivity index (χ2n) is 6.86. The normalized spacial score (nSPS) is 12.7. The molecule has 1 aliphatic rings. The van der Waals surface area contributed by atoms with Gasteiger partial charge in [-0.05, 0) is 41.1 Å². The first-order chi connectivity index (χ1) is 15.1. The number of benzene rings is 1. The average molecular weight is 558 g/mol. The largest absolute Gasteiger partial charge is 0.454 e. The van der Waals surface area contributed by atoms with E-state index < -0.39 is 0 Å². The molecule has 0 saturated heterocycles. The maximum atomic E-state index is 13.0. The summed E-state index contributed by atoms with van der Waals surface area (Å²) in [5, 5.41) is 0.725. The van der Waals surface area contributed by atoms with Crippen molar-refractivity contribution in [3.63, 3.8) is 0 Å². The van der Waals surface area contributed by atoms with Gasteiger partial charge in [-0.15, -0.1) is 0 Å². The highest BCUT2D eigenvalue weighted by Gasteiger charge is 2.21. The molecule has 166 valence electrons. The van der Waals surface area contributed by atoms with Crippen molar-refractivity contribution in [2.24, 2.45) is 0 Å². The Bertz CT molecular complexity index is 1130. The van der Waals surface area contributed by atoms with Gasteiger partial charge in [0.15, 0.2) is 27.8 Å². The lowest BCUT2D eigenvalue weighted by Gasteiger charge is -2.09. The molecule has 0 N–H and O–H groups in total. The quantitative estimate of drug-likeness (QED) is 0.276. The summed E-state index contributed by atoms with van der Waals surface area (Å²) in [7, 11) is 1.60. The van der Waals surface area contributed by atoms with E-state index in [9.17, 15) is 4.79 Å². The Morgan fingerprint density at radius 3 is 2.84 bits per heavy atom. The zero-order valence-electron chi connectivity index (χ0n) is 17.3. The molecule has 0 spiro atoms. The molecular formula is C20H23IN4O5S. The molecule has 0 bridgehead atoms. The van der Waals surface area contributed by atoms with Crippen molar-refractivity contribution in [2.75, 3.05) is 27.1 Å². The molecule has 0 saturated carbocycles. The van der Waals surface area contributed by atoms with Crippen LogP contribution in [-0.2, 0) is 22.7 Å². The molecule has 1 aromatic carbocycles. The monoisotopic (exact) mass is 558 g/mol. The molecule has 0 fully saturated rings. The van der Waals surface area contributed by atoms with Crippen molar-refractivity contribution in [1.82, 2.24) is 19.1 Å². The van der Waals surface area contributed by atoms with E-state index in [4.69, 9.17) is 18.9 Å². The summed E-state index contributed by atoms with van der Waals surface area (Å²) in [6, 6.07) is 3.90. The summed E-state index contributed by atoms with van der Waals surface area (Å²) in [4.78, 5) is 23.2. The maximum absolute atomic E-state index is 13.0. The van der Waals surface area contributed by atoms with Crippen LogP contribution in [-0.4, -0.2) is 46.2 Å². The number of aryl methyl sites for hydroxylation is 1. The van der Waals surface area contributed by atoms with Crippen molar-refractivity contribution in [2.45, 2.75) is 43.1 Å². The van der Waals surface area contributed by atoms with Crippen molar-refractivity contribution >= 4 is 45.5 Å². The molecule has 0 aliphatic carbocycles. The Kier molecular flexibility index (Phi) is 7.35. The number of ether oxygens (including phenoxy) is 4. The number of nitrogens with zero attached hydrogens (tertiary/aromatic N) is 4. The standard InChI is InChI=1S/C20H23IN4O5S/c1-3-4-5-25-18-17(19(26)24(10-22-18)11-28-7-6-27-2)23-20(25)31-16-9-15-14(8-13(16)21)29-12-30-15/h8-10H,3-7,11-12H2,1-2H3. The minimum Gasteiger partial charge on any atom is -0.454 e. The van der Waals surface area contributed by atoms with E-state index >= 15 is 0 Å². The molecule has 9 nitrogen and oxygen atoms in total. The summed E-state index contributed by atoms with van der Waals surface area (Å²) in [6.07, 6.45) is 3.50. The highest BCUT2D eigenvalue weighted by atomic mass is 127.